The first-order valence-corrected chi connectivity index (χ1v) is 7.52. The van der Waals surface area contributed by atoms with Crippen molar-refractivity contribution in [2.45, 2.75) is 30.7 Å². The highest BCUT2D eigenvalue weighted by atomic mass is 32.2. The van der Waals surface area contributed by atoms with Crippen molar-refractivity contribution < 1.29 is 13.3 Å². The van der Waals surface area contributed by atoms with Crippen LogP contribution < -0.4 is 0 Å². The zero-order valence-electron chi connectivity index (χ0n) is 12.0. The zero-order chi connectivity index (χ0) is 15.5. The fourth-order valence-electron chi connectivity index (χ4n) is 1.84. The zero-order valence-corrected chi connectivity index (χ0v) is 12.8. The van der Waals surface area contributed by atoms with E-state index in [0.717, 1.165) is 0 Å². The normalized spacial score (nSPS) is 12.5. The first-order chi connectivity index (χ1) is 10.6. The third kappa shape index (κ3) is 3.33. The van der Waals surface area contributed by atoms with Gasteiger partial charge in [-0.15, -0.1) is 10.2 Å². The van der Waals surface area contributed by atoms with E-state index in [9.17, 15) is 4.39 Å². The minimum absolute atomic E-state index is 0.108. The molecule has 0 spiro atoms. The highest BCUT2D eigenvalue weighted by Gasteiger charge is 2.18. The molecule has 0 saturated carbocycles. The maximum absolute atomic E-state index is 13.6. The maximum atomic E-state index is 13.6. The second-order valence-corrected chi connectivity index (χ2v) is 5.96. The van der Waals surface area contributed by atoms with Crippen molar-refractivity contribution in [3.05, 3.63) is 53.3 Å². The van der Waals surface area contributed by atoms with Crippen molar-refractivity contribution in [1.29, 1.82) is 0 Å². The Morgan fingerprint density at radius 1 is 1.27 bits per heavy atom. The van der Waals surface area contributed by atoms with Crippen molar-refractivity contribution in [2.75, 3.05) is 0 Å². The van der Waals surface area contributed by atoms with Gasteiger partial charge in [0.05, 0.1) is 11.7 Å². The van der Waals surface area contributed by atoms with Crippen LogP contribution in [0.3, 0.4) is 0 Å². The number of benzene rings is 1. The molecule has 0 aliphatic rings. The number of hydrogen-bond donors (Lipinski definition) is 0. The number of rotatable bonds is 5. The molecule has 1 aromatic carbocycles. The number of halogens is 1. The smallest absolute Gasteiger partial charge is 0.277 e. The van der Waals surface area contributed by atoms with E-state index in [4.69, 9.17) is 8.94 Å². The van der Waals surface area contributed by atoms with E-state index in [0.29, 0.717) is 28.4 Å². The first kappa shape index (κ1) is 14.7. The average Bonchev–Trinajstić information content (AvgIpc) is 3.11. The minimum atomic E-state index is -0.287. The van der Waals surface area contributed by atoms with E-state index in [1.165, 1.54) is 17.8 Å². The van der Waals surface area contributed by atoms with Crippen LogP contribution in [0.15, 0.2) is 38.4 Å². The molecule has 2 heterocycles. The molecule has 2 aromatic heterocycles. The Morgan fingerprint density at radius 3 is 2.82 bits per heavy atom. The number of hydrogen-bond acceptors (Lipinski definition) is 7. The lowest BCUT2D eigenvalue weighted by Gasteiger charge is -2.01. The Morgan fingerprint density at radius 2 is 2.09 bits per heavy atom. The van der Waals surface area contributed by atoms with Crippen molar-refractivity contribution in [3.63, 3.8) is 0 Å². The summed E-state index contributed by atoms with van der Waals surface area (Å²) in [6.45, 7) is 3.65. The van der Waals surface area contributed by atoms with Gasteiger partial charge in [-0.05, 0) is 25.5 Å². The van der Waals surface area contributed by atoms with Crippen molar-refractivity contribution in [3.8, 4) is 0 Å². The molecular formula is C14H13FN4O2S. The first-order valence-electron chi connectivity index (χ1n) is 6.64. The highest BCUT2D eigenvalue weighted by Crippen LogP contribution is 2.33. The van der Waals surface area contributed by atoms with E-state index >= 15 is 0 Å². The second-order valence-electron chi connectivity index (χ2n) is 4.67. The fourth-order valence-corrected chi connectivity index (χ4v) is 2.57. The predicted octanol–water partition coefficient (Wildman–Crippen LogP) is 3.34. The summed E-state index contributed by atoms with van der Waals surface area (Å²) in [7, 11) is 0. The summed E-state index contributed by atoms with van der Waals surface area (Å²) in [6, 6.07) is 6.50. The third-order valence-corrected chi connectivity index (χ3v) is 3.84. The molecule has 0 amide bonds. The Labute approximate surface area is 130 Å². The van der Waals surface area contributed by atoms with Crippen LogP contribution in [0.4, 0.5) is 4.39 Å². The van der Waals surface area contributed by atoms with Gasteiger partial charge in [0, 0.05) is 0 Å². The molecule has 0 bridgehead atoms. The molecule has 3 aromatic rings. The standard InChI is InChI=1S/C14H13FN4O2S/c1-8(13-16-9(2)19-21-13)22-14-18-17-12(20-14)7-10-5-3-4-6-11(10)15/h3-6,8H,7H2,1-2H3/t8-/m0/s1. The number of aromatic nitrogens is 4. The number of aryl methyl sites for hydroxylation is 1. The van der Waals surface area contributed by atoms with Gasteiger partial charge >= 0.3 is 0 Å². The van der Waals surface area contributed by atoms with Crippen molar-refractivity contribution in [2.24, 2.45) is 0 Å². The Hall–Kier alpha value is -2.22. The summed E-state index contributed by atoms with van der Waals surface area (Å²) in [5, 5.41) is 11.9. The minimum Gasteiger partial charge on any atom is -0.416 e. The van der Waals surface area contributed by atoms with E-state index in [-0.39, 0.29) is 17.5 Å². The topological polar surface area (TPSA) is 77.8 Å². The third-order valence-electron chi connectivity index (χ3n) is 2.92. The Kier molecular flexibility index (Phi) is 4.19. The molecule has 22 heavy (non-hydrogen) atoms. The van der Waals surface area contributed by atoms with Gasteiger partial charge in [0.25, 0.3) is 5.22 Å². The molecule has 0 aliphatic carbocycles. The second kappa shape index (κ2) is 6.27. The van der Waals surface area contributed by atoms with Crippen LogP contribution >= 0.6 is 11.8 Å². The fraction of sp³-hybridized carbons (Fsp3) is 0.286. The molecule has 0 fully saturated rings. The van der Waals surface area contributed by atoms with Gasteiger partial charge < -0.3 is 8.94 Å². The largest absolute Gasteiger partial charge is 0.416 e. The molecule has 3 rings (SSSR count). The Balaban J connectivity index is 1.67. The Bertz CT molecular complexity index is 774. The summed E-state index contributed by atoms with van der Waals surface area (Å²) in [6.07, 6.45) is 0.258. The monoisotopic (exact) mass is 320 g/mol. The molecule has 0 radical (unpaired) electrons. The molecule has 6 nitrogen and oxygen atoms in total. The van der Waals surface area contributed by atoms with Gasteiger partial charge in [-0.3, -0.25) is 0 Å². The lowest BCUT2D eigenvalue weighted by molar-refractivity contribution is 0.374. The highest BCUT2D eigenvalue weighted by molar-refractivity contribution is 7.99. The van der Waals surface area contributed by atoms with E-state index < -0.39 is 0 Å². The van der Waals surface area contributed by atoms with E-state index in [1.54, 1.807) is 25.1 Å². The molecule has 0 aliphatic heterocycles. The van der Waals surface area contributed by atoms with Gasteiger partial charge in [0.15, 0.2) is 5.82 Å². The SMILES string of the molecule is Cc1noc([C@H](C)Sc2nnc(Cc3ccccc3F)o2)n1. The molecule has 1 atom stereocenters. The van der Waals surface area contributed by atoms with Gasteiger partial charge in [-0.25, -0.2) is 4.39 Å². The number of thioether (sulfide) groups is 1. The van der Waals surface area contributed by atoms with Crippen LogP contribution in [0.5, 0.6) is 0 Å². The summed E-state index contributed by atoms with van der Waals surface area (Å²) in [4.78, 5) is 4.15. The lowest BCUT2D eigenvalue weighted by atomic mass is 10.1. The van der Waals surface area contributed by atoms with Crippen LogP contribution in [0.2, 0.25) is 0 Å². The van der Waals surface area contributed by atoms with Gasteiger partial charge in [0.1, 0.15) is 5.82 Å². The van der Waals surface area contributed by atoms with Gasteiger partial charge in [-0.1, -0.05) is 35.1 Å². The average molecular weight is 320 g/mol. The number of nitrogens with zero attached hydrogens (tertiary/aromatic N) is 4. The summed E-state index contributed by atoms with van der Waals surface area (Å²) >= 11 is 1.32. The van der Waals surface area contributed by atoms with Crippen LogP contribution in [-0.2, 0) is 6.42 Å². The van der Waals surface area contributed by atoms with E-state index in [1.807, 2.05) is 6.92 Å². The molecule has 0 N–H and O–H groups in total. The molecule has 0 saturated heterocycles. The quantitative estimate of drug-likeness (QED) is 0.667. The van der Waals surface area contributed by atoms with Crippen LogP contribution in [0.1, 0.15) is 35.3 Å². The van der Waals surface area contributed by atoms with Gasteiger partial charge in [-0.2, -0.15) is 4.98 Å². The summed E-state index contributed by atoms with van der Waals surface area (Å²) in [5.41, 5.74) is 0.517. The molecular weight excluding hydrogens is 307 g/mol. The summed E-state index contributed by atoms with van der Waals surface area (Å²) < 4.78 is 24.2. The maximum Gasteiger partial charge on any atom is 0.277 e. The molecule has 0 unspecified atom stereocenters. The summed E-state index contributed by atoms with van der Waals surface area (Å²) in [5.74, 6) is 1.15. The van der Waals surface area contributed by atoms with Crippen LogP contribution in [-0.4, -0.2) is 20.3 Å². The van der Waals surface area contributed by atoms with Crippen molar-refractivity contribution >= 4 is 11.8 Å². The van der Waals surface area contributed by atoms with Crippen LogP contribution in [0, 0.1) is 12.7 Å². The molecule has 114 valence electrons. The van der Waals surface area contributed by atoms with Gasteiger partial charge in [0.2, 0.25) is 11.8 Å². The van der Waals surface area contributed by atoms with E-state index in [2.05, 4.69) is 20.3 Å². The predicted molar refractivity (Wildman–Crippen MR) is 76.8 cm³/mol. The van der Waals surface area contributed by atoms with Crippen LogP contribution in [0.25, 0.3) is 0 Å². The molecule has 8 heteroatoms. The van der Waals surface area contributed by atoms with Crippen molar-refractivity contribution in [1.82, 2.24) is 20.3 Å². The lowest BCUT2D eigenvalue weighted by Crippen LogP contribution is -1.92.